The van der Waals surface area contributed by atoms with Crippen molar-refractivity contribution in [3.8, 4) is 0 Å². The summed E-state index contributed by atoms with van der Waals surface area (Å²) in [7, 11) is 0. The van der Waals surface area contributed by atoms with E-state index in [4.69, 9.17) is 0 Å². The SMILES string of the molecule is O=C(Cc1csc(NC(=O)c2ccccc2F)n1)NC1CCCN(C2CCCCC2)C1. The lowest BCUT2D eigenvalue weighted by Gasteiger charge is -2.40. The summed E-state index contributed by atoms with van der Waals surface area (Å²) in [5, 5.41) is 7.89. The molecular formula is C23H29FN4O2S. The van der Waals surface area contributed by atoms with Gasteiger partial charge in [0.15, 0.2) is 5.13 Å². The highest BCUT2D eigenvalue weighted by atomic mass is 32.1. The fraction of sp³-hybridized carbons (Fsp3) is 0.522. The van der Waals surface area contributed by atoms with Crippen LogP contribution in [-0.2, 0) is 11.2 Å². The summed E-state index contributed by atoms with van der Waals surface area (Å²) in [6.45, 7) is 2.06. The minimum absolute atomic E-state index is 0.0307. The number of anilines is 1. The van der Waals surface area contributed by atoms with Crippen LogP contribution in [0.1, 0.15) is 61.0 Å². The van der Waals surface area contributed by atoms with Crippen molar-refractivity contribution in [1.29, 1.82) is 0 Å². The van der Waals surface area contributed by atoms with Gasteiger partial charge in [0.2, 0.25) is 5.91 Å². The molecule has 4 rings (SSSR count). The molecule has 1 aromatic heterocycles. The van der Waals surface area contributed by atoms with Crippen LogP contribution in [0.5, 0.6) is 0 Å². The molecule has 6 nitrogen and oxygen atoms in total. The Morgan fingerprint density at radius 3 is 2.74 bits per heavy atom. The van der Waals surface area contributed by atoms with Crippen molar-refractivity contribution in [2.24, 2.45) is 0 Å². The number of likely N-dealkylation sites (tertiary alicyclic amines) is 1. The number of nitrogens with one attached hydrogen (secondary N) is 2. The third-order valence-corrected chi connectivity index (χ3v) is 6.95. The van der Waals surface area contributed by atoms with Crippen LogP contribution in [-0.4, -0.2) is 46.9 Å². The van der Waals surface area contributed by atoms with Crippen molar-refractivity contribution in [3.63, 3.8) is 0 Å². The van der Waals surface area contributed by atoms with Crippen molar-refractivity contribution >= 4 is 28.3 Å². The molecule has 1 saturated heterocycles. The first-order valence-corrected chi connectivity index (χ1v) is 12.0. The lowest BCUT2D eigenvalue weighted by Crippen LogP contribution is -2.51. The van der Waals surface area contributed by atoms with Gasteiger partial charge in [-0.1, -0.05) is 31.4 Å². The maximum atomic E-state index is 13.8. The first-order chi connectivity index (χ1) is 15.1. The van der Waals surface area contributed by atoms with Gasteiger partial charge in [-0.15, -0.1) is 11.3 Å². The molecule has 2 amide bonds. The van der Waals surface area contributed by atoms with Crippen LogP contribution in [0.15, 0.2) is 29.6 Å². The maximum absolute atomic E-state index is 13.8. The number of nitrogens with zero attached hydrogens (tertiary/aromatic N) is 2. The third-order valence-electron chi connectivity index (χ3n) is 6.14. The van der Waals surface area contributed by atoms with Crippen LogP contribution < -0.4 is 10.6 Å². The number of carbonyl (C=O) groups is 2. The second-order valence-corrected chi connectivity index (χ2v) is 9.31. The van der Waals surface area contributed by atoms with Crippen LogP contribution in [0.4, 0.5) is 9.52 Å². The first-order valence-electron chi connectivity index (χ1n) is 11.1. The van der Waals surface area contributed by atoms with E-state index in [1.54, 1.807) is 11.4 Å². The Morgan fingerprint density at radius 2 is 1.94 bits per heavy atom. The number of amides is 2. The van der Waals surface area contributed by atoms with Gasteiger partial charge in [0.1, 0.15) is 5.82 Å². The zero-order chi connectivity index (χ0) is 21.6. The number of thiazole rings is 1. The van der Waals surface area contributed by atoms with Gasteiger partial charge >= 0.3 is 0 Å². The van der Waals surface area contributed by atoms with E-state index in [-0.39, 0.29) is 23.9 Å². The van der Waals surface area contributed by atoms with E-state index in [0.717, 1.165) is 25.9 Å². The molecule has 2 aromatic rings. The molecule has 31 heavy (non-hydrogen) atoms. The molecule has 0 radical (unpaired) electrons. The Hall–Kier alpha value is -2.32. The Bertz CT molecular complexity index is 912. The van der Waals surface area contributed by atoms with Crippen molar-refractivity contribution in [1.82, 2.24) is 15.2 Å². The number of halogens is 1. The van der Waals surface area contributed by atoms with Gasteiger partial charge in [0, 0.05) is 24.0 Å². The topological polar surface area (TPSA) is 74.3 Å². The Morgan fingerprint density at radius 1 is 1.13 bits per heavy atom. The van der Waals surface area contributed by atoms with Gasteiger partial charge in [0.25, 0.3) is 5.91 Å². The summed E-state index contributed by atoms with van der Waals surface area (Å²) >= 11 is 1.23. The number of rotatable bonds is 6. The van der Waals surface area contributed by atoms with Gasteiger partial charge in [-0.2, -0.15) is 0 Å². The zero-order valence-electron chi connectivity index (χ0n) is 17.6. The quantitative estimate of drug-likeness (QED) is 0.707. The number of aromatic nitrogens is 1. The second-order valence-electron chi connectivity index (χ2n) is 8.45. The summed E-state index contributed by atoms with van der Waals surface area (Å²) in [6.07, 6.45) is 8.84. The smallest absolute Gasteiger partial charge is 0.260 e. The Balaban J connectivity index is 1.27. The summed E-state index contributed by atoms with van der Waals surface area (Å²) < 4.78 is 13.8. The molecule has 166 valence electrons. The van der Waals surface area contributed by atoms with E-state index in [1.807, 2.05) is 0 Å². The molecule has 1 aliphatic carbocycles. The van der Waals surface area contributed by atoms with Gasteiger partial charge < -0.3 is 5.32 Å². The van der Waals surface area contributed by atoms with E-state index in [0.29, 0.717) is 16.9 Å². The summed E-state index contributed by atoms with van der Waals surface area (Å²) in [4.78, 5) is 31.7. The van der Waals surface area contributed by atoms with E-state index in [2.05, 4.69) is 20.5 Å². The van der Waals surface area contributed by atoms with Gasteiger partial charge in [-0.05, 0) is 44.4 Å². The molecule has 1 saturated carbocycles. The molecule has 2 N–H and O–H groups in total. The van der Waals surface area contributed by atoms with E-state index in [1.165, 1.54) is 61.6 Å². The maximum Gasteiger partial charge on any atom is 0.260 e. The lowest BCUT2D eigenvalue weighted by molar-refractivity contribution is -0.121. The summed E-state index contributed by atoms with van der Waals surface area (Å²) in [5.74, 6) is -1.17. The normalized spacial score (nSPS) is 20.4. The summed E-state index contributed by atoms with van der Waals surface area (Å²) in [6, 6.07) is 6.67. The first kappa shape index (κ1) is 21.9. The third kappa shape index (κ3) is 5.89. The van der Waals surface area contributed by atoms with Crippen LogP contribution in [0, 0.1) is 5.82 Å². The standard InChI is InChI=1S/C23H29FN4O2S/c24-20-11-5-4-10-19(20)22(30)27-23-26-17(15-31-23)13-21(29)25-16-7-6-12-28(14-16)18-8-2-1-3-9-18/h4-5,10-11,15-16,18H,1-3,6-9,12-14H2,(H,25,29)(H,26,27,30). The molecule has 1 aliphatic heterocycles. The monoisotopic (exact) mass is 444 g/mol. The fourth-order valence-corrected chi connectivity index (χ4v) is 5.31. The molecule has 0 spiro atoms. The predicted octanol–water partition coefficient (Wildman–Crippen LogP) is 3.99. The molecule has 0 bridgehead atoms. The second kappa shape index (κ2) is 10.3. The lowest BCUT2D eigenvalue weighted by atomic mass is 9.92. The fourth-order valence-electron chi connectivity index (χ4n) is 4.60. The van der Waals surface area contributed by atoms with Crippen LogP contribution in [0.3, 0.4) is 0 Å². The van der Waals surface area contributed by atoms with Crippen molar-refractivity contribution in [2.45, 2.75) is 63.5 Å². The molecular weight excluding hydrogens is 415 g/mol. The average Bonchev–Trinajstić information content (AvgIpc) is 3.21. The van der Waals surface area contributed by atoms with Crippen molar-refractivity contribution in [2.75, 3.05) is 18.4 Å². The molecule has 1 unspecified atom stereocenters. The van der Waals surface area contributed by atoms with E-state index in [9.17, 15) is 14.0 Å². The van der Waals surface area contributed by atoms with Crippen LogP contribution in [0.25, 0.3) is 0 Å². The van der Waals surface area contributed by atoms with Crippen molar-refractivity contribution < 1.29 is 14.0 Å². The number of piperidine rings is 1. The minimum atomic E-state index is -0.578. The zero-order valence-corrected chi connectivity index (χ0v) is 18.4. The highest BCUT2D eigenvalue weighted by molar-refractivity contribution is 7.14. The number of hydrogen-bond donors (Lipinski definition) is 2. The number of benzene rings is 1. The molecule has 2 heterocycles. The molecule has 8 heteroatoms. The van der Waals surface area contributed by atoms with E-state index >= 15 is 0 Å². The Labute approximate surface area is 186 Å². The predicted molar refractivity (Wildman–Crippen MR) is 120 cm³/mol. The van der Waals surface area contributed by atoms with Crippen LogP contribution >= 0.6 is 11.3 Å². The molecule has 1 aromatic carbocycles. The highest BCUT2D eigenvalue weighted by Crippen LogP contribution is 2.25. The molecule has 2 aliphatic rings. The highest BCUT2D eigenvalue weighted by Gasteiger charge is 2.27. The van der Waals surface area contributed by atoms with Crippen LogP contribution in [0.2, 0.25) is 0 Å². The van der Waals surface area contributed by atoms with Gasteiger partial charge in [0.05, 0.1) is 17.7 Å². The number of carbonyl (C=O) groups excluding carboxylic acids is 2. The average molecular weight is 445 g/mol. The molecule has 1 atom stereocenters. The summed E-state index contributed by atoms with van der Waals surface area (Å²) in [5.41, 5.74) is 0.572. The van der Waals surface area contributed by atoms with Crippen molar-refractivity contribution in [3.05, 3.63) is 46.7 Å². The van der Waals surface area contributed by atoms with Gasteiger partial charge in [-0.3, -0.25) is 19.8 Å². The molecule has 2 fully saturated rings. The van der Waals surface area contributed by atoms with E-state index < -0.39 is 11.7 Å². The Kier molecular flexibility index (Phi) is 7.29. The van der Waals surface area contributed by atoms with Gasteiger partial charge in [-0.25, -0.2) is 9.37 Å². The largest absolute Gasteiger partial charge is 0.352 e. The minimum Gasteiger partial charge on any atom is -0.352 e. The number of hydrogen-bond acceptors (Lipinski definition) is 5.